The van der Waals surface area contributed by atoms with Crippen LogP contribution in [0.4, 0.5) is 10.1 Å². The fourth-order valence-electron chi connectivity index (χ4n) is 1.56. The number of rotatable bonds is 5. The first-order chi connectivity index (χ1) is 9.75. The molecule has 1 aromatic carbocycles. The van der Waals surface area contributed by atoms with Crippen LogP contribution in [0.5, 0.6) is 0 Å². The topological polar surface area (TPSA) is 78.4 Å². The molecule has 0 saturated heterocycles. The van der Waals surface area contributed by atoms with Gasteiger partial charge in [0.1, 0.15) is 5.82 Å². The Bertz CT molecular complexity index is 535. The van der Waals surface area contributed by atoms with Crippen molar-refractivity contribution in [3.05, 3.63) is 29.0 Å². The number of amides is 2. The van der Waals surface area contributed by atoms with Crippen molar-refractivity contribution in [2.75, 3.05) is 18.5 Å². The van der Waals surface area contributed by atoms with Crippen molar-refractivity contribution in [3.8, 4) is 0 Å². The highest BCUT2D eigenvalue weighted by molar-refractivity contribution is 6.39. The summed E-state index contributed by atoms with van der Waals surface area (Å²) in [5.74, 6) is -2.53. The molecule has 0 fully saturated rings. The molecule has 0 atom stereocenters. The van der Waals surface area contributed by atoms with E-state index in [1.807, 2.05) is 13.8 Å². The number of nitrogens with one attached hydrogen (secondary N) is 2. The highest BCUT2D eigenvalue weighted by Gasteiger charge is 2.21. The molecule has 5 nitrogen and oxygen atoms in total. The summed E-state index contributed by atoms with van der Waals surface area (Å²) in [6.07, 6.45) is 0.484. The largest absolute Gasteiger partial charge is 0.396 e. The minimum Gasteiger partial charge on any atom is -0.396 e. The molecule has 21 heavy (non-hydrogen) atoms. The Labute approximate surface area is 127 Å². The number of anilines is 1. The average Bonchev–Trinajstić information content (AvgIpc) is 2.40. The summed E-state index contributed by atoms with van der Waals surface area (Å²) in [6, 6.07) is 3.65. The lowest BCUT2D eigenvalue weighted by Crippen LogP contribution is -2.40. The van der Waals surface area contributed by atoms with Crippen LogP contribution in [0, 0.1) is 11.2 Å². The second-order valence-electron chi connectivity index (χ2n) is 5.40. The van der Waals surface area contributed by atoms with Gasteiger partial charge in [-0.2, -0.15) is 0 Å². The molecule has 0 spiro atoms. The summed E-state index contributed by atoms with van der Waals surface area (Å²) in [6.45, 7) is 3.90. The van der Waals surface area contributed by atoms with Gasteiger partial charge in [0, 0.05) is 18.2 Å². The van der Waals surface area contributed by atoms with Crippen molar-refractivity contribution in [1.82, 2.24) is 5.32 Å². The maximum Gasteiger partial charge on any atom is 0.313 e. The first-order valence-corrected chi connectivity index (χ1v) is 6.78. The molecular formula is C14H18ClFN2O3. The Balaban J connectivity index is 2.59. The van der Waals surface area contributed by atoms with Crippen molar-refractivity contribution in [2.45, 2.75) is 20.3 Å². The molecule has 1 rings (SSSR count). The van der Waals surface area contributed by atoms with E-state index in [0.717, 1.165) is 6.07 Å². The van der Waals surface area contributed by atoms with Gasteiger partial charge in [-0.1, -0.05) is 25.4 Å². The van der Waals surface area contributed by atoms with Crippen LogP contribution in [-0.4, -0.2) is 30.1 Å². The molecule has 0 unspecified atom stereocenters. The molecule has 0 aliphatic rings. The van der Waals surface area contributed by atoms with Crippen LogP contribution < -0.4 is 10.6 Å². The number of benzene rings is 1. The molecule has 2 amide bonds. The second-order valence-corrected chi connectivity index (χ2v) is 5.84. The molecular weight excluding hydrogens is 299 g/mol. The second kappa shape index (κ2) is 7.38. The van der Waals surface area contributed by atoms with Gasteiger partial charge >= 0.3 is 11.8 Å². The molecule has 0 radical (unpaired) electrons. The van der Waals surface area contributed by atoms with Crippen molar-refractivity contribution in [3.63, 3.8) is 0 Å². The van der Waals surface area contributed by atoms with Gasteiger partial charge in [0.25, 0.3) is 0 Å². The van der Waals surface area contributed by atoms with Crippen molar-refractivity contribution < 1.29 is 19.1 Å². The van der Waals surface area contributed by atoms with Gasteiger partial charge < -0.3 is 15.7 Å². The van der Waals surface area contributed by atoms with E-state index in [9.17, 15) is 14.0 Å². The van der Waals surface area contributed by atoms with Crippen molar-refractivity contribution in [2.24, 2.45) is 5.41 Å². The predicted octanol–water partition coefficient (Wildman–Crippen LogP) is 1.94. The van der Waals surface area contributed by atoms with E-state index in [4.69, 9.17) is 16.7 Å². The van der Waals surface area contributed by atoms with Crippen LogP contribution >= 0.6 is 11.6 Å². The number of hydrogen-bond acceptors (Lipinski definition) is 3. The third-order valence-electron chi connectivity index (χ3n) is 2.90. The molecule has 0 aromatic heterocycles. The number of aliphatic hydroxyl groups excluding tert-OH is 1. The standard InChI is InChI=1S/C14H18ClFN2O3/c1-14(2,5-6-19)8-17-12(20)13(21)18-11-7-9(15)3-4-10(11)16/h3-4,7,19H,5-6,8H2,1-2H3,(H,17,20)(H,18,21). The van der Waals surface area contributed by atoms with Crippen LogP contribution in [-0.2, 0) is 9.59 Å². The monoisotopic (exact) mass is 316 g/mol. The van der Waals surface area contributed by atoms with Crippen LogP contribution in [0.15, 0.2) is 18.2 Å². The minimum atomic E-state index is -0.976. The van der Waals surface area contributed by atoms with Gasteiger partial charge in [-0.05, 0) is 30.0 Å². The summed E-state index contributed by atoms with van der Waals surface area (Å²) in [4.78, 5) is 23.3. The molecule has 116 valence electrons. The molecule has 0 heterocycles. The Morgan fingerprint density at radius 2 is 2.00 bits per heavy atom. The smallest absolute Gasteiger partial charge is 0.313 e. The Morgan fingerprint density at radius 3 is 2.62 bits per heavy atom. The maximum atomic E-state index is 13.4. The fourth-order valence-corrected chi connectivity index (χ4v) is 1.74. The van der Waals surface area contributed by atoms with E-state index in [2.05, 4.69) is 10.6 Å². The highest BCUT2D eigenvalue weighted by atomic mass is 35.5. The van der Waals surface area contributed by atoms with Gasteiger partial charge in [0.15, 0.2) is 0 Å². The molecule has 0 bridgehead atoms. The molecule has 0 aliphatic heterocycles. The van der Waals surface area contributed by atoms with Crippen LogP contribution in [0.2, 0.25) is 5.02 Å². The summed E-state index contributed by atoms with van der Waals surface area (Å²) in [7, 11) is 0. The van der Waals surface area contributed by atoms with Crippen molar-refractivity contribution >= 4 is 29.1 Å². The van der Waals surface area contributed by atoms with E-state index in [1.165, 1.54) is 12.1 Å². The quantitative estimate of drug-likeness (QED) is 0.726. The van der Waals surface area contributed by atoms with Crippen LogP contribution in [0.1, 0.15) is 20.3 Å². The van der Waals surface area contributed by atoms with Crippen molar-refractivity contribution in [1.29, 1.82) is 0 Å². The molecule has 1 aromatic rings. The summed E-state index contributed by atoms with van der Waals surface area (Å²) in [5, 5.41) is 13.7. The fraction of sp³-hybridized carbons (Fsp3) is 0.429. The molecule has 7 heteroatoms. The van der Waals surface area contributed by atoms with Gasteiger partial charge in [0.05, 0.1) is 5.69 Å². The first kappa shape index (κ1) is 17.4. The molecule has 3 N–H and O–H groups in total. The average molecular weight is 317 g/mol. The number of carbonyl (C=O) groups excluding carboxylic acids is 2. The minimum absolute atomic E-state index is 0.0111. The Morgan fingerprint density at radius 1 is 1.33 bits per heavy atom. The van der Waals surface area contributed by atoms with E-state index < -0.39 is 17.6 Å². The van der Waals surface area contributed by atoms with Gasteiger partial charge in [-0.15, -0.1) is 0 Å². The lowest BCUT2D eigenvalue weighted by atomic mass is 9.90. The van der Waals surface area contributed by atoms with Crippen LogP contribution in [0.25, 0.3) is 0 Å². The lowest BCUT2D eigenvalue weighted by Gasteiger charge is -2.23. The third-order valence-corrected chi connectivity index (χ3v) is 3.13. The summed E-state index contributed by atoms with van der Waals surface area (Å²) in [5.41, 5.74) is -0.497. The van der Waals surface area contributed by atoms with Gasteiger partial charge in [0.2, 0.25) is 0 Å². The molecule has 0 aliphatic carbocycles. The number of carbonyl (C=O) groups is 2. The van der Waals surface area contributed by atoms with Gasteiger partial charge in [-0.25, -0.2) is 4.39 Å². The normalized spacial score (nSPS) is 11.1. The zero-order valence-electron chi connectivity index (χ0n) is 11.9. The lowest BCUT2D eigenvalue weighted by molar-refractivity contribution is -0.136. The number of aliphatic hydroxyl groups is 1. The number of halogens is 2. The Kier molecular flexibility index (Phi) is 6.11. The zero-order chi connectivity index (χ0) is 16.0. The van der Waals surface area contributed by atoms with E-state index in [1.54, 1.807) is 0 Å². The van der Waals surface area contributed by atoms with E-state index >= 15 is 0 Å². The first-order valence-electron chi connectivity index (χ1n) is 6.40. The SMILES string of the molecule is CC(C)(CCO)CNC(=O)C(=O)Nc1cc(Cl)ccc1F. The highest BCUT2D eigenvalue weighted by Crippen LogP contribution is 2.20. The summed E-state index contributed by atoms with van der Waals surface area (Å²) < 4.78 is 13.4. The zero-order valence-corrected chi connectivity index (χ0v) is 12.6. The summed E-state index contributed by atoms with van der Waals surface area (Å²) >= 11 is 5.69. The third kappa shape index (κ3) is 5.69. The molecule has 0 saturated carbocycles. The van der Waals surface area contributed by atoms with E-state index in [0.29, 0.717) is 6.42 Å². The maximum absolute atomic E-state index is 13.4. The van der Waals surface area contributed by atoms with Crippen LogP contribution in [0.3, 0.4) is 0 Å². The predicted molar refractivity (Wildman–Crippen MR) is 78.5 cm³/mol. The number of hydrogen-bond donors (Lipinski definition) is 3. The van der Waals surface area contributed by atoms with E-state index in [-0.39, 0.29) is 29.3 Å². The van der Waals surface area contributed by atoms with Gasteiger partial charge in [-0.3, -0.25) is 9.59 Å². The Hall–Kier alpha value is -1.66.